The molecule has 0 saturated heterocycles. The summed E-state index contributed by atoms with van der Waals surface area (Å²) in [6, 6.07) is 25.9. The van der Waals surface area contributed by atoms with Crippen molar-refractivity contribution < 1.29 is 19.1 Å². The van der Waals surface area contributed by atoms with Gasteiger partial charge < -0.3 is 20.1 Å². The first-order chi connectivity index (χ1) is 20.6. The zero-order valence-corrected chi connectivity index (χ0v) is 25.0. The predicted molar refractivity (Wildman–Crippen MR) is 163 cm³/mol. The first kappa shape index (κ1) is 27.0. The summed E-state index contributed by atoms with van der Waals surface area (Å²) in [7, 11) is 0. The summed E-state index contributed by atoms with van der Waals surface area (Å²) >= 11 is 0. The number of aromatic nitrogens is 2. The Hall–Kier alpha value is -4.85. The Morgan fingerprint density at radius 1 is 0.977 bits per heavy atom. The van der Waals surface area contributed by atoms with Crippen LogP contribution in [-0.4, -0.2) is 33.8 Å². The van der Waals surface area contributed by atoms with Crippen LogP contribution in [0, 0.1) is 6.92 Å². The molecule has 0 aliphatic carbocycles. The molecule has 0 fully saturated rings. The molecule has 3 aromatic carbocycles. The van der Waals surface area contributed by atoms with Crippen molar-refractivity contribution in [3.63, 3.8) is 0 Å². The van der Waals surface area contributed by atoms with Gasteiger partial charge in [-0.3, -0.25) is 4.79 Å². The Bertz CT molecular complexity index is 1840. The van der Waals surface area contributed by atoms with E-state index in [1.165, 1.54) is 0 Å². The van der Waals surface area contributed by atoms with Gasteiger partial charge in [-0.15, -0.1) is 0 Å². The van der Waals surface area contributed by atoms with Crippen molar-refractivity contribution in [1.82, 2.24) is 9.78 Å². The van der Waals surface area contributed by atoms with Gasteiger partial charge in [0.1, 0.15) is 11.0 Å². The lowest BCUT2D eigenvalue weighted by atomic mass is 9.64. The maximum absolute atomic E-state index is 15.4. The van der Waals surface area contributed by atoms with Crippen LogP contribution in [0.1, 0.15) is 62.1 Å². The molecule has 1 spiro atoms. The van der Waals surface area contributed by atoms with E-state index in [0.717, 1.165) is 22.5 Å². The maximum Gasteiger partial charge on any atom is 0.341 e. The summed E-state index contributed by atoms with van der Waals surface area (Å²) in [5, 5.41) is 4.85. The third kappa shape index (κ3) is 3.40. The molecule has 4 aromatic rings. The van der Waals surface area contributed by atoms with Crippen molar-refractivity contribution >= 4 is 17.6 Å². The van der Waals surface area contributed by atoms with E-state index in [-0.39, 0.29) is 24.0 Å². The van der Waals surface area contributed by atoms with Gasteiger partial charge in [0.2, 0.25) is 17.7 Å². The molecule has 218 valence electrons. The van der Waals surface area contributed by atoms with E-state index in [4.69, 9.17) is 20.3 Å². The molecule has 0 saturated carbocycles. The molecule has 2 unspecified atom stereocenters. The summed E-state index contributed by atoms with van der Waals surface area (Å²) in [4.78, 5) is 31.1. The third-order valence-electron chi connectivity index (χ3n) is 9.29. The zero-order valence-electron chi connectivity index (χ0n) is 25.0. The van der Waals surface area contributed by atoms with Crippen molar-refractivity contribution in [3.05, 3.63) is 118 Å². The molecule has 3 aliphatic heterocycles. The second-order valence-electron chi connectivity index (χ2n) is 12.4. The number of esters is 1. The first-order valence-electron chi connectivity index (χ1n) is 14.6. The number of nitrogens with zero attached hydrogens (tertiary/aromatic N) is 3. The van der Waals surface area contributed by atoms with Crippen LogP contribution in [0.5, 0.6) is 5.88 Å². The fourth-order valence-electron chi connectivity index (χ4n) is 7.78. The number of anilines is 1. The van der Waals surface area contributed by atoms with E-state index in [1.807, 2.05) is 72.5 Å². The van der Waals surface area contributed by atoms with Crippen molar-refractivity contribution in [2.75, 3.05) is 11.5 Å². The van der Waals surface area contributed by atoms with Crippen LogP contribution in [0.2, 0.25) is 0 Å². The van der Waals surface area contributed by atoms with Crippen LogP contribution in [0.15, 0.2) is 90.3 Å². The van der Waals surface area contributed by atoms with Gasteiger partial charge in [-0.25, -0.2) is 9.48 Å². The summed E-state index contributed by atoms with van der Waals surface area (Å²) in [5.74, 6) is -0.811. The molecule has 4 heterocycles. The van der Waals surface area contributed by atoms with E-state index in [9.17, 15) is 4.79 Å². The number of nitrogens with two attached hydrogens (primary N) is 1. The minimum atomic E-state index is -1.62. The van der Waals surface area contributed by atoms with Crippen LogP contribution in [-0.2, 0) is 25.2 Å². The number of fused-ring (bicyclic) bond motifs is 3. The van der Waals surface area contributed by atoms with Gasteiger partial charge in [-0.2, -0.15) is 5.10 Å². The maximum atomic E-state index is 15.4. The number of carbonyl (C=O) groups is 2. The van der Waals surface area contributed by atoms with Gasteiger partial charge in [0.05, 0.1) is 29.2 Å². The predicted octanol–water partition coefficient (Wildman–Crippen LogP) is 5.43. The van der Waals surface area contributed by atoms with Crippen LogP contribution >= 0.6 is 0 Å². The Morgan fingerprint density at radius 3 is 2.30 bits per heavy atom. The number of rotatable bonds is 4. The Morgan fingerprint density at radius 2 is 1.63 bits per heavy atom. The summed E-state index contributed by atoms with van der Waals surface area (Å²) in [5.41, 5.74) is 9.44. The van der Waals surface area contributed by atoms with Gasteiger partial charge in [-0.05, 0) is 57.4 Å². The van der Waals surface area contributed by atoms with Crippen molar-refractivity contribution in [2.24, 2.45) is 5.73 Å². The zero-order chi connectivity index (χ0) is 30.3. The quantitative estimate of drug-likeness (QED) is 0.327. The summed E-state index contributed by atoms with van der Waals surface area (Å²) in [6.45, 7) is 10.1. The second kappa shape index (κ2) is 9.07. The van der Waals surface area contributed by atoms with Crippen LogP contribution in [0.4, 0.5) is 5.69 Å². The minimum absolute atomic E-state index is 0.0115. The highest BCUT2D eigenvalue weighted by Gasteiger charge is 2.67. The molecule has 2 N–H and O–H groups in total. The van der Waals surface area contributed by atoms with E-state index in [2.05, 4.69) is 39.0 Å². The number of carbonyl (C=O) groups excluding carboxylic acids is 2. The Kier molecular flexibility index (Phi) is 5.70. The van der Waals surface area contributed by atoms with Gasteiger partial charge in [-0.1, -0.05) is 73.7 Å². The molecule has 3 aliphatic rings. The Labute approximate surface area is 250 Å². The smallest absolute Gasteiger partial charge is 0.341 e. The number of benzene rings is 3. The third-order valence-corrected chi connectivity index (χ3v) is 9.29. The number of hydrogen-bond donors (Lipinski definition) is 1. The van der Waals surface area contributed by atoms with E-state index in [1.54, 1.807) is 11.6 Å². The molecule has 1 aromatic heterocycles. The number of amides is 1. The molecule has 8 heteroatoms. The van der Waals surface area contributed by atoms with Crippen LogP contribution in [0.25, 0.3) is 5.69 Å². The molecule has 1 amide bonds. The molecular formula is C35H34N4O4. The average molecular weight is 575 g/mol. The standard InChI is InChI=1S/C35H34N4O4/c1-6-42-31(40)27-29(36)43-30-26(21(2)37-39(30)23-16-11-8-12-17-23)35(27)25-19-13-18-24-28(25)38(32(35)41)33(3,4)20-34(24,5)22-14-9-7-10-15-22/h7-19H,6,20,36H2,1-5H3. The summed E-state index contributed by atoms with van der Waals surface area (Å²) < 4.78 is 13.5. The molecule has 0 radical (unpaired) electrons. The number of aryl methyl sites for hydroxylation is 1. The van der Waals surface area contributed by atoms with Crippen LogP contribution < -0.4 is 15.4 Å². The normalized spacial score (nSPS) is 23.2. The monoisotopic (exact) mass is 574 g/mol. The Balaban J connectivity index is 1.60. The van der Waals surface area contributed by atoms with E-state index in [0.29, 0.717) is 29.1 Å². The van der Waals surface area contributed by atoms with E-state index >= 15 is 4.79 Å². The lowest BCUT2D eigenvalue weighted by Gasteiger charge is -2.50. The SMILES string of the molecule is CCOC(=O)C1=C(N)Oc2c(c(C)nn2-c2ccccc2)C12C(=O)N1c3c(cccc32)C(C)(c2ccccc2)CC1(C)C. The highest BCUT2D eigenvalue weighted by atomic mass is 16.5. The van der Waals surface area contributed by atoms with Crippen molar-refractivity contribution in [1.29, 1.82) is 0 Å². The molecule has 8 nitrogen and oxygen atoms in total. The molecule has 43 heavy (non-hydrogen) atoms. The topological polar surface area (TPSA) is 99.7 Å². The van der Waals surface area contributed by atoms with Gasteiger partial charge >= 0.3 is 5.97 Å². The van der Waals surface area contributed by atoms with Gasteiger partial charge in [0.15, 0.2) is 0 Å². The lowest BCUT2D eigenvalue weighted by Crippen LogP contribution is -2.57. The molecule has 2 atom stereocenters. The van der Waals surface area contributed by atoms with Gasteiger partial charge in [0.25, 0.3) is 0 Å². The molecular weight excluding hydrogens is 540 g/mol. The highest BCUT2D eigenvalue weighted by molar-refractivity contribution is 6.20. The van der Waals surface area contributed by atoms with Crippen LogP contribution in [0.3, 0.4) is 0 Å². The van der Waals surface area contributed by atoms with E-state index < -0.39 is 22.3 Å². The fourth-order valence-corrected chi connectivity index (χ4v) is 7.78. The number of para-hydroxylation sites is 2. The highest BCUT2D eigenvalue weighted by Crippen LogP contribution is 2.63. The largest absolute Gasteiger partial charge is 0.462 e. The second-order valence-corrected chi connectivity index (χ2v) is 12.4. The number of hydrogen-bond acceptors (Lipinski definition) is 6. The van der Waals surface area contributed by atoms with Crippen molar-refractivity contribution in [2.45, 2.75) is 57.4 Å². The molecule has 0 bridgehead atoms. The molecule has 7 rings (SSSR count). The van der Waals surface area contributed by atoms with Crippen molar-refractivity contribution in [3.8, 4) is 11.6 Å². The fraction of sp³-hybridized carbons (Fsp3) is 0.286. The number of ether oxygens (including phenoxy) is 2. The summed E-state index contributed by atoms with van der Waals surface area (Å²) in [6.07, 6.45) is 0.668. The average Bonchev–Trinajstić information content (AvgIpc) is 3.45. The minimum Gasteiger partial charge on any atom is -0.462 e. The lowest BCUT2D eigenvalue weighted by molar-refractivity contribution is -0.141. The van der Waals surface area contributed by atoms with Gasteiger partial charge in [0, 0.05) is 16.5 Å². The first-order valence-corrected chi connectivity index (χ1v) is 14.6.